The van der Waals surface area contributed by atoms with Gasteiger partial charge < -0.3 is 20.3 Å². The number of methoxy groups -OCH3 is 1. The lowest BCUT2D eigenvalue weighted by molar-refractivity contribution is -0.153. The van der Waals surface area contributed by atoms with Gasteiger partial charge in [-0.15, -0.1) is 0 Å². The lowest BCUT2D eigenvalue weighted by Crippen LogP contribution is -2.39. The van der Waals surface area contributed by atoms with Gasteiger partial charge in [0.2, 0.25) is 0 Å². The number of alkyl halides is 1. The summed E-state index contributed by atoms with van der Waals surface area (Å²) < 4.78 is 20.7. The Morgan fingerprint density at radius 1 is 1.53 bits per heavy atom. The minimum absolute atomic E-state index is 0.248. The van der Waals surface area contributed by atoms with Crippen molar-refractivity contribution in [2.24, 2.45) is 5.73 Å². The quantitative estimate of drug-likeness (QED) is 0.553. The maximum Gasteiger partial charge on any atom is 0.332 e. The van der Waals surface area contributed by atoms with Gasteiger partial charge in [-0.2, -0.15) is 0 Å². The predicted octanol–water partition coefficient (Wildman–Crippen LogP) is -0.684. The van der Waals surface area contributed by atoms with Crippen LogP contribution in [-0.2, 0) is 19.1 Å². The van der Waals surface area contributed by atoms with Crippen LogP contribution in [0.25, 0.3) is 0 Å². The lowest BCUT2D eigenvalue weighted by atomic mass is 10.1. The van der Waals surface area contributed by atoms with Gasteiger partial charge in [-0.3, -0.25) is 4.79 Å². The second-order valence-electron chi connectivity index (χ2n) is 2.75. The molecule has 6 nitrogen and oxygen atoms in total. The maximum absolute atomic E-state index is 11.7. The third-order valence-corrected chi connectivity index (χ3v) is 1.64. The molecular formula is C8H14FNO5. The van der Waals surface area contributed by atoms with Crippen LogP contribution in [0.2, 0.25) is 0 Å². The number of carboxylic acid groups (broad SMARTS) is 1. The molecular weight excluding hydrogens is 208 g/mol. The summed E-state index contributed by atoms with van der Waals surface area (Å²) in [5.41, 5.74) is 5.33. The fourth-order valence-corrected chi connectivity index (χ4v) is 0.905. The molecule has 0 aliphatic heterocycles. The molecule has 0 radical (unpaired) electrons. The second kappa shape index (κ2) is 7.13. The van der Waals surface area contributed by atoms with Crippen LogP contribution < -0.4 is 5.73 Å². The van der Waals surface area contributed by atoms with Gasteiger partial charge in [0, 0.05) is 6.42 Å². The molecule has 0 aliphatic rings. The molecule has 0 saturated carbocycles. The monoisotopic (exact) mass is 222 g/mol. The topological polar surface area (TPSA) is 98.9 Å². The highest BCUT2D eigenvalue weighted by atomic mass is 18.2. The Kier molecular flexibility index (Phi) is 6.56. The van der Waals surface area contributed by atoms with E-state index in [-0.39, 0.29) is 13.0 Å². The van der Waals surface area contributed by atoms with Crippen molar-refractivity contribution in [3.8, 4) is 0 Å². The minimum atomic E-state index is -1.30. The van der Waals surface area contributed by atoms with Gasteiger partial charge in [-0.1, -0.05) is 0 Å². The first-order valence-electron chi connectivity index (χ1n) is 4.26. The van der Waals surface area contributed by atoms with Gasteiger partial charge in [-0.05, 0) is 0 Å². The van der Waals surface area contributed by atoms with Crippen molar-refractivity contribution in [1.82, 2.24) is 0 Å². The Balaban J connectivity index is 4.15. The number of aliphatic carboxylic acids is 1. The Hall–Kier alpha value is -1.21. The molecule has 2 atom stereocenters. The third kappa shape index (κ3) is 5.28. The summed E-state index contributed by atoms with van der Waals surface area (Å²) in [5, 5.41) is 8.65. The summed E-state index contributed by atoms with van der Waals surface area (Å²) in [7, 11) is 1.14. The molecule has 0 bridgehead atoms. The average molecular weight is 222 g/mol. The number of carboxylic acids is 1. The van der Waals surface area contributed by atoms with Gasteiger partial charge in [-0.25, -0.2) is 9.18 Å². The van der Waals surface area contributed by atoms with Gasteiger partial charge in [0.1, 0.15) is 12.7 Å². The van der Waals surface area contributed by atoms with Crippen LogP contribution in [0.4, 0.5) is 4.39 Å². The normalized spacial score (nSPS) is 14.3. The third-order valence-electron chi connectivity index (χ3n) is 1.64. The first-order chi connectivity index (χ1) is 7.02. The number of rotatable bonds is 7. The molecule has 88 valence electrons. The molecule has 0 heterocycles. The van der Waals surface area contributed by atoms with E-state index in [1.54, 1.807) is 0 Å². The Morgan fingerprint density at radius 3 is 2.53 bits per heavy atom. The van der Waals surface area contributed by atoms with Crippen molar-refractivity contribution in [3.05, 3.63) is 0 Å². The van der Waals surface area contributed by atoms with E-state index in [9.17, 15) is 14.0 Å². The first-order valence-corrected chi connectivity index (χ1v) is 4.26. The van der Waals surface area contributed by atoms with Crippen molar-refractivity contribution in [2.75, 3.05) is 20.4 Å². The fraction of sp³-hybridized carbons (Fsp3) is 0.750. The molecule has 0 saturated heterocycles. The minimum Gasteiger partial charge on any atom is -0.479 e. The van der Waals surface area contributed by atoms with Crippen LogP contribution in [0.5, 0.6) is 0 Å². The number of esters is 1. The zero-order valence-corrected chi connectivity index (χ0v) is 8.31. The van der Waals surface area contributed by atoms with Crippen molar-refractivity contribution in [2.45, 2.75) is 18.6 Å². The van der Waals surface area contributed by atoms with Gasteiger partial charge >= 0.3 is 11.9 Å². The average Bonchev–Trinajstić information content (AvgIpc) is 2.22. The number of carbonyl (C=O) groups is 2. The van der Waals surface area contributed by atoms with Crippen LogP contribution in [0.1, 0.15) is 6.42 Å². The molecule has 0 unspecified atom stereocenters. The molecule has 0 aliphatic carbocycles. The first kappa shape index (κ1) is 13.8. The summed E-state index contributed by atoms with van der Waals surface area (Å²) in [6, 6.07) is -1.09. The molecule has 15 heavy (non-hydrogen) atoms. The fourth-order valence-electron chi connectivity index (χ4n) is 0.905. The zero-order valence-electron chi connectivity index (χ0n) is 8.31. The van der Waals surface area contributed by atoms with Gasteiger partial charge in [0.25, 0.3) is 0 Å². The molecule has 0 fully saturated rings. The molecule has 3 N–H and O–H groups in total. The van der Waals surface area contributed by atoms with Crippen molar-refractivity contribution in [3.63, 3.8) is 0 Å². The molecule has 0 amide bonds. The van der Waals surface area contributed by atoms with Crippen LogP contribution in [0, 0.1) is 0 Å². The van der Waals surface area contributed by atoms with E-state index in [0.29, 0.717) is 0 Å². The highest BCUT2D eigenvalue weighted by Gasteiger charge is 2.25. The van der Waals surface area contributed by atoms with Crippen molar-refractivity contribution < 1.29 is 28.6 Å². The molecule has 0 rings (SSSR count). The highest BCUT2D eigenvalue weighted by Crippen LogP contribution is 2.03. The Bertz CT molecular complexity index is 223. The predicted molar refractivity (Wildman–Crippen MR) is 48.0 cm³/mol. The number of hydrogen-bond donors (Lipinski definition) is 2. The van der Waals surface area contributed by atoms with E-state index in [0.717, 1.165) is 7.11 Å². The molecule has 7 heteroatoms. The summed E-state index contributed by atoms with van der Waals surface area (Å²) in [5.74, 6) is -2.02. The Morgan fingerprint density at radius 2 is 2.13 bits per heavy atom. The molecule has 0 spiro atoms. The van der Waals surface area contributed by atoms with Crippen molar-refractivity contribution in [1.29, 1.82) is 0 Å². The largest absolute Gasteiger partial charge is 0.479 e. The van der Waals surface area contributed by atoms with Crippen LogP contribution >= 0.6 is 0 Å². The molecule has 0 aromatic heterocycles. The van der Waals surface area contributed by atoms with Crippen LogP contribution in [0.15, 0.2) is 0 Å². The van der Waals surface area contributed by atoms with Crippen LogP contribution in [-0.4, -0.2) is 49.6 Å². The summed E-state index contributed by atoms with van der Waals surface area (Å²) in [6.45, 7) is -1.14. The SMILES string of the molecule is COC(=O)[C@@H](N)C[C@H](OCC[18F])C(=O)O. The van der Waals surface area contributed by atoms with E-state index >= 15 is 0 Å². The number of nitrogens with two attached hydrogens (primary N) is 1. The van der Waals surface area contributed by atoms with Gasteiger partial charge in [0.15, 0.2) is 6.10 Å². The van der Waals surface area contributed by atoms with E-state index in [2.05, 4.69) is 9.47 Å². The Labute approximate surface area is 86.1 Å². The molecule has 0 aromatic rings. The number of halogens is 1. The van der Waals surface area contributed by atoms with E-state index < -0.39 is 30.8 Å². The summed E-state index contributed by atoms with van der Waals surface area (Å²) >= 11 is 0. The van der Waals surface area contributed by atoms with E-state index in [1.165, 1.54) is 0 Å². The number of carbonyl (C=O) groups excluding carboxylic acids is 1. The van der Waals surface area contributed by atoms with Gasteiger partial charge in [0.05, 0.1) is 13.7 Å². The smallest absolute Gasteiger partial charge is 0.332 e. The summed E-state index contributed by atoms with van der Waals surface area (Å²) in [6.07, 6.45) is -1.54. The summed E-state index contributed by atoms with van der Waals surface area (Å²) in [4.78, 5) is 21.5. The number of ether oxygens (including phenoxy) is 2. The van der Waals surface area contributed by atoms with E-state index in [1.807, 2.05) is 0 Å². The maximum atomic E-state index is 11.7. The standard InChI is InChI=1S/C8H14FNO5/c1-14-8(13)5(10)4-6(7(11)12)15-3-2-9/h5-6H,2-4,10H2,1H3,(H,11,12)/t5-,6-/m0/s1/i9-1. The number of hydrogen-bond acceptors (Lipinski definition) is 5. The van der Waals surface area contributed by atoms with Crippen LogP contribution in [0.3, 0.4) is 0 Å². The van der Waals surface area contributed by atoms with E-state index in [4.69, 9.17) is 10.8 Å². The second-order valence-corrected chi connectivity index (χ2v) is 2.75. The lowest BCUT2D eigenvalue weighted by Gasteiger charge is -2.15. The highest BCUT2D eigenvalue weighted by molar-refractivity contribution is 5.78. The van der Waals surface area contributed by atoms with Crippen molar-refractivity contribution >= 4 is 11.9 Å². The zero-order chi connectivity index (χ0) is 11.8. The molecule has 0 aromatic carbocycles.